The zero-order chi connectivity index (χ0) is 14.9. The van der Waals surface area contributed by atoms with E-state index in [1.807, 2.05) is 0 Å². The normalized spacial score (nSPS) is 22.4. The summed E-state index contributed by atoms with van der Waals surface area (Å²) in [5, 5.41) is 2.93. The minimum absolute atomic E-state index is 0.0206. The maximum atomic E-state index is 12.7. The first kappa shape index (κ1) is 15.0. The van der Waals surface area contributed by atoms with Gasteiger partial charge in [-0.05, 0) is 32.0 Å². The number of fused-ring (bicyclic) bond motifs is 1. The van der Waals surface area contributed by atoms with Gasteiger partial charge in [-0.2, -0.15) is 4.31 Å². The van der Waals surface area contributed by atoms with E-state index < -0.39 is 16.1 Å². The van der Waals surface area contributed by atoms with Crippen molar-refractivity contribution in [3.05, 3.63) is 35.4 Å². The van der Waals surface area contributed by atoms with Gasteiger partial charge < -0.3 is 5.32 Å². The SMILES string of the molecule is CC=CCN1C(C)C(=O)Nc2ccc(Cl)cc2S1(=O)=O. The Hall–Kier alpha value is -1.37. The molecule has 0 aliphatic carbocycles. The molecule has 0 aromatic heterocycles. The first-order chi connectivity index (χ1) is 9.37. The van der Waals surface area contributed by atoms with Crippen LogP contribution in [0.4, 0.5) is 5.69 Å². The number of nitrogens with zero attached hydrogens (tertiary/aromatic N) is 1. The number of carbonyl (C=O) groups excluding carboxylic acids is 1. The number of nitrogens with one attached hydrogen (secondary N) is 1. The van der Waals surface area contributed by atoms with E-state index in [-0.39, 0.29) is 23.0 Å². The molecule has 0 saturated heterocycles. The summed E-state index contributed by atoms with van der Waals surface area (Å²) in [6.45, 7) is 3.49. The van der Waals surface area contributed by atoms with Crippen LogP contribution in [0.25, 0.3) is 0 Å². The minimum Gasteiger partial charge on any atom is -0.323 e. The van der Waals surface area contributed by atoms with Gasteiger partial charge in [-0.25, -0.2) is 8.42 Å². The van der Waals surface area contributed by atoms with Gasteiger partial charge in [0, 0.05) is 11.6 Å². The molecule has 1 amide bonds. The van der Waals surface area contributed by atoms with Crippen LogP contribution in [0.2, 0.25) is 5.02 Å². The summed E-state index contributed by atoms with van der Waals surface area (Å²) in [5.74, 6) is -0.362. The predicted octanol–water partition coefficient (Wildman–Crippen LogP) is 2.25. The predicted molar refractivity (Wildman–Crippen MR) is 78.2 cm³/mol. The molecular formula is C13H15ClN2O3S. The third kappa shape index (κ3) is 2.59. The molecule has 0 bridgehead atoms. The molecule has 1 heterocycles. The Bertz CT molecular complexity index is 670. The standard InChI is InChI=1S/C13H15ClN2O3S/c1-3-4-7-16-9(2)13(17)15-11-6-5-10(14)8-12(11)20(16,18)19/h3-6,8-9H,7H2,1-2H3,(H,15,17). The monoisotopic (exact) mass is 314 g/mol. The molecule has 0 fully saturated rings. The number of rotatable bonds is 2. The van der Waals surface area contributed by atoms with Crippen molar-refractivity contribution in [3.8, 4) is 0 Å². The van der Waals surface area contributed by atoms with Crippen molar-refractivity contribution in [2.24, 2.45) is 0 Å². The maximum Gasteiger partial charge on any atom is 0.246 e. The lowest BCUT2D eigenvalue weighted by Crippen LogP contribution is -2.43. The van der Waals surface area contributed by atoms with Gasteiger partial charge >= 0.3 is 0 Å². The third-order valence-electron chi connectivity index (χ3n) is 3.12. The molecule has 1 aliphatic rings. The molecule has 0 saturated carbocycles. The quantitative estimate of drug-likeness (QED) is 0.851. The second-order valence-corrected chi connectivity index (χ2v) is 6.74. The molecule has 20 heavy (non-hydrogen) atoms. The van der Waals surface area contributed by atoms with Crippen molar-refractivity contribution >= 4 is 33.2 Å². The molecule has 1 N–H and O–H groups in total. The van der Waals surface area contributed by atoms with Crippen molar-refractivity contribution in [1.82, 2.24) is 4.31 Å². The smallest absolute Gasteiger partial charge is 0.246 e. The second kappa shape index (κ2) is 5.55. The lowest BCUT2D eigenvalue weighted by atomic mass is 10.2. The molecule has 1 aromatic carbocycles. The summed E-state index contributed by atoms with van der Waals surface area (Å²) in [6, 6.07) is 3.61. The molecule has 108 valence electrons. The fourth-order valence-electron chi connectivity index (χ4n) is 1.98. The molecule has 0 radical (unpaired) electrons. The average Bonchev–Trinajstić information content (AvgIpc) is 2.45. The maximum absolute atomic E-state index is 12.7. The van der Waals surface area contributed by atoms with E-state index in [0.717, 1.165) is 4.31 Å². The number of sulfonamides is 1. The third-order valence-corrected chi connectivity index (χ3v) is 5.33. The van der Waals surface area contributed by atoms with Crippen molar-refractivity contribution in [1.29, 1.82) is 0 Å². The van der Waals surface area contributed by atoms with Crippen LogP contribution >= 0.6 is 11.6 Å². The van der Waals surface area contributed by atoms with Gasteiger partial charge in [-0.15, -0.1) is 0 Å². The molecule has 0 spiro atoms. The van der Waals surface area contributed by atoms with Crippen LogP contribution in [0.1, 0.15) is 13.8 Å². The van der Waals surface area contributed by atoms with E-state index in [2.05, 4.69) is 5.32 Å². The highest BCUT2D eigenvalue weighted by molar-refractivity contribution is 7.89. The van der Waals surface area contributed by atoms with Gasteiger partial charge in [0.15, 0.2) is 0 Å². The number of hydrogen-bond acceptors (Lipinski definition) is 3. The molecule has 2 rings (SSSR count). The zero-order valence-corrected chi connectivity index (χ0v) is 12.7. The van der Waals surface area contributed by atoms with E-state index in [1.54, 1.807) is 32.1 Å². The van der Waals surface area contributed by atoms with E-state index in [4.69, 9.17) is 11.6 Å². The molecule has 1 aromatic rings. The summed E-state index contributed by atoms with van der Waals surface area (Å²) in [4.78, 5) is 12.1. The van der Waals surface area contributed by atoms with Crippen LogP contribution in [0, 0.1) is 0 Å². The first-order valence-electron chi connectivity index (χ1n) is 6.11. The van der Waals surface area contributed by atoms with Crippen molar-refractivity contribution in [3.63, 3.8) is 0 Å². The van der Waals surface area contributed by atoms with Crippen molar-refractivity contribution < 1.29 is 13.2 Å². The van der Waals surface area contributed by atoms with Crippen LogP contribution < -0.4 is 5.32 Å². The van der Waals surface area contributed by atoms with E-state index in [1.165, 1.54) is 12.1 Å². The second-order valence-electron chi connectivity index (χ2n) is 4.45. The molecule has 5 nitrogen and oxygen atoms in total. The fraction of sp³-hybridized carbons (Fsp3) is 0.308. The highest BCUT2D eigenvalue weighted by Crippen LogP contribution is 2.31. The Kier molecular flexibility index (Phi) is 4.17. The number of carbonyl (C=O) groups is 1. The summed E-state index contributed by atoms with van der Waals surface area (Å²) < 4.78 is 26.5. The van der Waals surface area contributed by atoms with Crippen molar-refractivity contribution in [2.75, 3.05) is 11.9 Å². The minimum atomic E-state index is -3.78. The zero-order valence-electron chi connectivity index (χ0n) is 11.1. The van der Waals surface area contributed by atoms with E-state index in [0.29, 0.717) is 5.02 Å². The number of hydrogen-bond donors (Lipinski definition) is 1. The van der Waals surface area contributed by atoms with Gasteiger partial charge in [-0.3, -0.25) is 4.79 Å². The molecule has 7 heteroatoms. The van der Waals surface area contributed by atoms with Crippen LogP contribution in [0.15, 0.2) is 35.2 Å². The van der Waals surface area contributed by atoms with E-state index >= 15 is 0 Å². The highest BCUT2D eigenvalue weighted by atomic mass is 35.5. The van der Waals surface area contributed by atoms with Gasteiger partial charge in [0.2, 0.25) is 15.9 Å². The Balaban J connectivity index is 2.63. The fourth-order valence-corrected chi connectivity index (χ4v) is 3.94. The topological polar surface area (TPSA) is 66.5 Å². The number of benzene rings is 1. The average molecular weight is 315 g/mol. The van der Waals surface area contributed by atoms with Gasteiger partial charge in [0.25, 0.3) is 0 Å². The summed E-state index contributed by atoms with van der Waals surface area (Å²) in [5.41, 5.74) is 0.259. The van der Waals surface area contributed by atoms with Gasteiger partial charge in [-0.1, -0.05) is 23.8 Å². The Morgan fingerprint density at radius 1 is 1.45 bits per heavy atom. The van der Waals surface area contributed by atoms with Crippen LogP contribution in [0.5, 0.6) is 0 Å². The number of amides is 1. The number of anilines is 1. The first-order valence-corrected chi connectivity index (χ1v) is 7.93. The largest absolute Gasteiger partial charge is 0.323 e. The highest BCUT2D eigenvalue weighted by Gasteiger charge is 2.37. The summed E-state index contributed by atoms with van der Waals surface area (Å²) in [7, 11) is -3.78. The molecular weight excluding hydrogens is 300 g/mol. The lowest BCUT2D eigenvalue weighted by Gasteiger charge is -2.23. The lowest BCUT2D eigenvalue weighted by molar-refractivity contribution is -0.119. The molecule has 1 atom stereocenters. The number of halogens is 1. The van der Waals surface area contributed by atoms with Gasteiger partial charge in [0.1, 0.15) is 10.9 Å². The molecule has 1 aliphatic heterocycles. The summed E-state index contributed by atoms with van der Waals surface area (Å²) in [6.07, 6.45) is 3.43. The van der Waals surface area contributed by atoms with Crippen molar-refractivity contribution in [2.45, 2.75) is 24.8 Å². The summed E-state index contributed by atoms with van der Waals surface area (Å²) >= 11 is 5.87. The Morgan fingerprint density at radius 3 is 2.80 bits per heavy atom. The molecule has 1 unspecified atom stereocenters. The van der Waals surface area contributed by atoms with Crippen LogP contribution in [-0.4, -0.2) is 31.2 Å². The van der Waals surface area contributed by atoms with Crippen LogP contribution in [-0.2, 0) is 14.8 Å². The number of allylic oxidation sites excluding steroid dienone is 1. The van der Waals surface area contributed by atoms with E-state index in [9.17, 15) is 13.2 Å². The van der Waals surface area contributed by atoms with Crippen LogP contribution in [0.3, 0.4) is 0 Å². The Labute approximate surface area is 123 Å². The Morgan fingerprint density at radius 2 is 2.15 bits per heavy atom. The van der Waals surface area contributed by atoms with Gasteiger partial charge in [0.05, 0.1) is 5.69 Å².